The Labute approximate surface area is 123 Å². The van der Waals surface area contributed by atoms with Gasteiger partial charge in [0.05, 0.1) is 10.6 Å². The molecule has 0 unspecified atom stereocenters. The van der Waals surface area contributed by atoms with Crippen molar-refractivity contribution in [3.63, 3.8) is 0 Å². The van der Waals surface area contributed by atoms with Crippen LogP contribution >= 0.6 is 11.3 Å². The Hall–Kier alpha value is -1.68. The van der Waals surface area contributed by atoms with Gasteiger partial charge in [-0.1, -0.05) is 13.0 Å². The molecule has 20 heavy (non-hydrogen) atoms. The van der Waals surface area contributed by atoms with Gasteiger partial charge >= 0.3 is 0 Å². The van der Waals surface area contributed by atoms with Gasteiger partial charge in [-0.05, 0) is 43.5 Å². The summed E-state index contributed by atoms with van der Waals surface area (Å²) in [4.78, 5) is 16.8. The Balaban J connectivity index is 2.12. The topological polar surface area (TPSA) is 39.2 Å². The van der Waals surface area contributed by atoms with E-state index in [2.05, 4.69) is 11.1 Å². The molecule has 1 aromatic heterocycles. The van der Waals surface area contributed by atoms with Crippen LogP contribution in [0, 0.1) is 13.8 Å². The second-order valence-corrected chi connectivity index (χ2v) is 5.99. The highest BCUT2D eigenvalue weighted by molar-refractivity contribution is 7.13. The van der Waals surface area contributed by atoms with Crippen molar-refractivity contribution in [2.24, 2.45) is 0 Å². The molecule has 0 bridgehead atoms. The fourth-order valence-electron chi connectivity index (χ4n) is 2.14. The second kappa shape index (κ2) is 6.18. The van der Waals surface area contributed by atoms with Crippen molar-refractivity contribution >= 4 is 17.1 Å². The molecular weight excluding hydrogens is 270 g/mol. The first-order chi connectivity index (χ1) is 9.49. The Morgan fingerprint density at radius 3 is 2.40 bits per heavy atom. The fraction of sp³-hybridized carbons (Fsp3) is 0.375. The molecule has 2 aromatic rings. The maximum atomic E-state index is 11.5. The van der Waals surface area contributed by atoms with Crippen molar-refractivity contribution < 1.29 is 9.53 Å². The van der Waals surface area contributed by atoms with E-state index in [1.807, 2.05) is 32.9 Å². The molecule has 0 fully saturated rings. The largest absolute Gasteiger partial charge is 0.486 e. The number of carbonyl (C=O) groups is 1. The number of thiazole rings is 1. The predicted octanol–water partition coefficient (Wildman–Crippen LogP) is 4.10. The molecule has 4 heteroatoms. The molecule has 2 rings (SSSR count). The van der Waals surface area contributed by atoms with Gasteiger partial charge in [0.15, 0.2) is 5.78 Å². The van der Waals surface area contributed by atoms with Gasteiger partial charge in [0, 0.05) is 6.92 Å². The van der Waals surface area contributed by atoms with Gasteiger partial charge in [0.25, 0.3) is 0 Å². The van der Waals surface area contributed by atoms with Crippen molar-refractivity contribution in [1.29, 1.82) is 0 Å². The predicted molar refractivity (Wildman–Crippen MR) is 81.7 cm³/mol. The highest BCUT2D eigenvalue weighted by Gasteiger charge is 2.13. The summed E-state index contributed by atoms with van der Waals surface area (Å²) in [6, 6.07) is 6.12. The maximum Gasteiger partial charge on any atom is 0.171 e. The summed E-state index contributed by atoms with van der Waals surface area (Å²) in [5, 5.41) is 0.853. The average Bonchev–Trinajstić information content (AvgIpc) is 2.78. The van der Waals surface area contributed by atoms with Crippen LogP contribution in [0.4, 0.5) is 0 Å². The SMILES string of the molecule is CCc1nc(COc2cc(C)cc(C)c2)sc1C(C)=O. The molecule has 0 N–H and O–H groups in total. The number of aryl methyl sites for hydroxylation is 3. The zero-order valence-electron chi connectivity index (χ0n) is 12.3. The maximum absolute atomic E-state index is 11.5. The molecular formula is C16H19NO2S. The normalized spacial score (nSPS) is 10.6. The minimum absolute atomic E-state index is 0.0806. The number of carbonyl (C=O) groups excluding carboxylic acids is 1. The van der Waals surface area contributed by atoms with Gasteiger partial charge in [-0.25, -0.2) is 4.98 Å². The number of Topliss-reactive ketones (excluding diaryl/α,β-unsaturated/α-hetero) is 1. The lowest BCUT2D eigenvalue weighted by atomic mass is 10.1. The van der Waals surface area contributed by atoms with Crippen LogP contribution in [0.2, 0.25) is 0 Å². The molecule has 106 valence electrons. The number of ether oxygens (including phenoxy) is 1. The van der Waals surface area contributed by atoms with Crippen LogP contribution in [-0.4, -0.2) is 10.8 Å². The number of nitrogens with zero attached hydrogens (tertiary/aromatic N) is 1. The summed E-state index contributed by atoms with van der Waals surface area (Å²) in [6.45, 7) is 8.10. The van der Waals surface area contributed by atoms with Crippen molar-refractivity contribution in [3.8, 4) is 5.75 Å². The Morgan fingerprint density at radius 2 is 1.90 bits per heavy atom. The molecule has 0 spiro atoms. The zero-order valence-corrected chi connectivity index (χ0v) is 13.1. The molecule has 0 saturated carbocycles. The van der Waals surface area contributed by atoms with E-state index in [4.69, 9.17) is 4.74 Å². The standard InChI is InChI=1S/C16H19NO2S/c1-5-14-16(12(4)18)20-15(17-14)9-19-13-7-10(2)6-11(3)8-13/h6-8H,5,9H2,1-4H3. The van der Waals surface area contributed by atoms with Crippen LogP contribution in [0.3, 0.4) is 0 Å². The van der Waals surface area contributed by atoms with Crippen molar-refractivity contribution in [3.05, 3.63) is 44.9 Å². The van der Waals surface area contributed by atoms with E-state index in [1.54, 1.807) is 6.92 Å². The lowest BCUT2D eigenvalue weighted by Gasteiger charge is -2.06. The fourth-order valence-corrected chi connectivity index (χ4v) is 3.10. The van der Waals surface area contributed by atoms with Gasteiger partial charge in [0.2, 0.25) is 0 Å². The van der Waals surface area contributed by atoms with Crippen LogP contribution in [0.15, 0.2) is 18.2 Å². The number of aromatic nitrogens is 1. The van der Waals surface area contributed by atoms with E-state index < -0.39 is 0 Å². The Kier molecular flexibility index (Phi) is 4.55. The molecule has 0 radical (unpaired) electrons. The molecule has 0 atom stereocenters. The highest BCUT2D eigenvalue weighted by atomic mass is 32.1. The van der Waals surface area contributed by atoms with E-state index in [9.17, 15) is 4.79 Å². The third-order valence-corrected chi connectivity index (χ3v) is 4.13. The summed E-state index contributed by atoms with van der Waals surface area (Å²) in [5.41, 5.74) is 3.23. The van der Waals surface area contributed by atoms with Crippen LogP contribution in [0.1, 0.15) is 45.3 Å². The smallest absolute Gasteiger partial charge is 0.171 e. The lowest BCUT2D eigenvalue weighted by Crippen LogP contribution is -1.96. The molecule has 0 aliphatic carbocycles. The van der Waals surface area contributed by atoms with Crippen LogP contribution < -0.4 is 4.74 Å². The third kappa shape index (κ3) is 3.45. The van der Waals surface area contributed by atoms with Gasteiger partial charge in [0.1, 0.15) is 17.4 Å². The van der Waals surface area contributed by atoms with Crippen molar-refractivity contribution in [2.45, 2.75) is 40.7 Å². The Morgan fingerprint density at radius 1 is 1.25 bits per heavy atom. The first kappa shape index (κ1) is 14.7. The highest BCUT2D eigenvalue weighted by Crippen LogP contribution is 2.22. The van der Waals surface area contributed by atoms with E-state index in [0.29, 0.717) is 6.61 Å². The van der Waals surface area contributed by atoms with E-state index in [1.165, 1.54) is 22.5 Å². The minimum Gasteiger partial charge on any atom is -0.486 e. The summed E-state index contributed by atoms with van der Waals surface area (Å²) >= 11 is 1.43. The van der Waals surface area contributed by atoms with Gasteiger partial charge in [-0.2, -0.15) is 0 Å². The molecule has 3 nitrogen and oxygen atoms in total. The number of hydrogen-bond acceptors (Lipinski definition) is 4. The molecule has 1 aromatic carbocycles. The minimum atomic E-state index is 0.0806. The van der Waals surface area contributed by atoms with Gasteiger partial charge in [-0.15, -0.1) is 11.3 Å². The molecule has 0 aliphatic heterocycles. The zero-order chi connectivity index (χ0) is 14.7. The van der Waals surface area contributed by atoms with Crippen LogP contribution in [0.5, 0.6) is 5.75 Å². The number of ketones is 1. The van der Waals surface area contributed by atoms with Gasteiger partial charge in [-0.3, -0.25) is 4.79 Å². The molecule has 0 amide bonds. The van der Waals surface area contributed by atoms with E-state index in [0.717, 1.165) is 27.7 Å². The first-order valence-corrected chi connectivity index (χ1v) is 7.52. The summed E-state index contributed by atoms with van der Waals surface area (Å²) < 4.78 is 5.78. The van der Waals surface area contributed by atoms with Gasteiger partial charge < -0.3 is 4.74 Å². The summed E-state index contributed by atoms with van der Waals surface area (Å²) in [7, 11) is 0. The third-order valence-electron chi connectivity index (χ3n) is 2.95. The van der Waals surface area contributed by atoms with Crippen molar-refractivity contribution in [2.75, 3.05) is 0 Å². The average molecular weight is 289 g/mol. The van der Waals surface area contributed by atoms with E-state index >= 15 is 0 Å². The summed E-state index contributed by atoms with van der Waals surface area (Å²) in [5.74, 6) is 0.928. The Bertz CT molecular complexity index is 611. The molecule has 0 saturated heterocycles. The second-order valence-electron chi connectivity index (χ2n) is 4.91. The van der Waals surface area contributed by atoms with Crippen molar-refractivity contribution in [1.82, 2.24) is 4.98 Å². The molecule has 0 aliphatic rings. The summed E-state index contributed by atoms with van der Waals surface area (Å²) in [6.07, 6.45) is 0.773. The lowest BCUT2D eigenvalue weighted by molar-refractivity contribution is 0.102. The van der Waals surface area contributed by atoms with E-state index in [-0.39, 0.29) is 5.78 Å². The number of hydrogen-bond donors (Lipinski definition) is 0. The number of rotatable bonds is 5. The van der Waals surface area contributed by atoms with Crippen LogP contribution in [-0.2, 0) is 13.0 Å². The van der Waals surface area contributed by atoms with Crippen LogP contribution in [0.25, 0.3) is 0 Å². The number of benzene rings is 1. The quantitative estimate of drug-likeness (QED) is 0.778. The first-order valence-electron chi connectivity index (χ1n) is 6.70. The molecule has 1 heterocycles. The monoisotopic (exact) mass is 289 g/mol.